The van der Waals surface area contributed by atoms with Gasteiger partial charge in [0.1, 0.15) is 12.0 Å². The fraction of sp³-hybridized carbons (Fsp3) is 0.667. The van der Waals surface area contributed by atoms with Gasteiger partial charge in [-0.15, -0.1) is 0 Å². The van der Waals surface area contributed by atoms with E-state index in [1.165, 1.54) is 0 Å². The van der Waals surface area contributed by atoms with Crippen molar-refractivity contribution in [2.45, 2.75) is 73.3 Å². The highest BCUT2D eigenvalue weighted by Gasteiger charge is 2.25. The molecule has 0 spiro atoms. The molecule has 0 saturated heterocycles. The SMILES string of the molecule is CCC(C)C(N)Oc1cc(B(OC(C)C)OC(C)C)ccc1C. The Morgan fingerprint density at radius 3 is 2.09 bits per heavy atom. The van der Waals surface area contributed by atoms with Crippen molar-refractivity contribution in [3.8, 4) is 5.75 Å². The van der Waals surface area contributed by atoms with Crippen LogP contribution in [0.2, 0.25) is 0 Å². The van der Waals surface area contributed by atoms with Crippen LogP contribution in [0.15, 0.2) is 18.2 Å². The number of ether oxygens (including phenoxy) is 1. The number of nitrogens with two attached hydrogens (primary N) is 1. The molecule has 1 rings (SSSR count). The maximum atomic E-state index is 6.13. The zero-order chi connectivity index (χ0) is 17.6. The number of hydrogen-bond donors (Lipinski definition) is 1. The molecule has 0 radical (unpaired) electrons. The quantitative estimate of drug-likeness (QED) is 0.560. The summed E-state index contributed by atoms with van der Waals surface area (Å²) in [5.74, 6) is 1.09. The van der Waals surface area contributed by atoms with E-state index in [1.54, 1.807) is 0 Å². The van der Waals surface area contributed by atoms with Gasteiger partial charge in [0.05, 0.1) is 0 Å². The fourth-order valence-corrected chi connectivity index (χ4v) is 2.07. The summed E-state index contributed by atoms with van der Waals surface area (Å²) in [6, 6.07) is 6.02. The normalized spacial score (nSPS) is 14.2. The molecule has 130 valence electrons. The Morgan fingerprint density at radius 1 is 1.04 bits per heavy atom. The van der Waals surface area contributed by atoms with Crippen LogP contribution in [0.5, 0.6) is 5.75 Å². The summed E-state index contributed by atoms with van der Waals surface area (Å²) in [4.78, 5) is 0. The van der Waals surface area contributed by atoms with Gasteiger partial charge in [-0.05, 0) is 58.1 Å². The minimum absolute atomic E-state index is 0.0757. The summed E-state index contributed by atoms with van der Waals surface area (Å²) in [6.07, 6.45) is 0.818. The lowest BCUT2D eigenvalue weighted by Crippen LogP contribution is -2.41. The lowest BCUT2D eigenvalue weighted by Gasteiger charge is -2.23. The molecule has 0 aliphatic rings. The van der Waals surface area contributed by atoms with Crippen LogP contribution in [-0.4, -0.2) is 25.6 Å². The van der Waals surface area contributed by atoms with E-state index in [0.29, 0.717) is 5.92 Å². The highest BCUT2D eigenvalue weighted by atomic mass is 16.6. The molecule has 0 amide bonds. The third-order valence-electron chi connectivity index (χ3n) is 3.74. The molecule has 4 nitrogen and oxygen atoms in total. The summed E-state index contributed by atoms with van der Waals surface area (Å²) >= 11 is 0. The minimum Gasteiger partial charge on any atom is -0.475 e. The van der Waals surface area contributed by atoms with Gasteiger partial charge in [-0.3, -0.25) is 5.73 Å². The molecule has 0 heterocycles. The van der Waals surface area contributed by atoms with Crippen LogP contribution in [0.1, 0.15) is 53.5 Å². The summed E-state index contributed by atoms with van der Waals surface area (Å²) in [7, 11) is -0.405. The van der Waals surface area contributed by atoms with Gasteiger partial charge in [-0.25, -0.2) is 0 Å². The smallest absolute Gasteiger partial charge is 0.475 e. The number of aryl methyl sites for hydroxylation is 1. The average Bonchev–Trinajstić information content (AvgIpc) is 2.46. The summed E-state index contributed by atoms with van der Waals surface area (Å²) < 4.78 is 17.8. The topological polar surface area (TPSA) is 53.7 Å². The maximum Gasteiger partial charge on any atom is 0.494 e. The van der Waals surface area contributed by atoms with E-state index in [1.807, 2.05) is 52.8 Å². The van der Waals surface area contributed by atoms with Crippen LogP contribution in [0.3, 0.4) is 0 Å². The van der Waals surface area contributed by atoms with Gasteiger partial charge in [0, 0.05) is 18.1 Å². The Bertz CT molecular complexity index is 469. The Balaban J connectivity index is 3.00. The van der Waals surface area contributed by atoms with Crippen molar-refractivity contribution in [2.24, 2.45) is 11.7 Å². The van der Waals surface area contributed by atoms with Crippen molar-refractivity contribution in [3.63, 3.8) is 0 Å². The van der Waals surface area contributed by atoms with Crippen LogP contribution < -0.4 is 15.9 Å². The van der Waals surface area contributed by atoms with Crippen LogP contribution in [0, 0.1) is 12.8 Å². The summed E-state index contributed by atoms with van der Waals surface area (Å²) in [6.45, 7) is 14.2. The molecule has 0 bridgehead atoms. The second-order valence-corrected chi connectivity index (χ2v) is 6.69. The molecule has 0 aliphatic heterocycles. The molecule has 2 N–H and O–H groups in total. The lowest BCUT2D eigenvalue weighted by molar-refractivity contribution is 0.138. The molecule has 1 aromatic carbocycles. The first kappa shape index (κ1) is 20.0. The van der Waals surface area contributed by atoms with Crippen molar-refractivity contribution in [1.29, 1.82) is 0 Å². The first-order valence-corrected chi connectivity index (χ1v) is 8.58. The molecule has 0 aromatic heterocycles. The Morgan fingerprint density at radius 2 is 1.61 bits per heavy atom. The van der Waals surface area contributed by atoms with E-state index in [4.69, 9.17) is 19.8 Å². The van der Waals surface area contributed by atoms with Crippen LogP contribution >= 0.6 is 0 Å². The molecule has 23 heavy (non-hydrogen) atoms. The highest BCUT2D eigenvalue weighted by molar-refractivity contribution is 6.61. The molecule has 2 unspecified atom stereocenters. The van der Waals surface area contributed by atoms with E-state index >= 15 is 0 Å². The second kappa shape index (κ2) is 9.31. The van der Waals surface area contributed by atoms with Gasteiger partial charge >= 0.3 is 7.12 Å². The molecule has 2 atom stereocenters. The molecule has 1 aromatic rings. The van der Waals surface area contributed by atoms with Gasteiger partial charge in [-0.1, -0.05) is 26.0 Å². The first-order chi connectivity index (χ1) is 10.7. The van der Waals surface area contributed by atoms with Gasteiger partial charge in [0.15, 0.2) is 0 Å². The van der Waals surface area contributed by atoms with Crippen LogP contribution in [0.25, 0.3) is 0 Å². The predicted octanol–water partition coefficient (Wildman–Crippen LogP) is 3.25. The van der Waals surface area contributed by atoms with Crippen LogP contribution in [0.4, 0.5) is 0 Å². The molecule has 0 fully saturated rings. The van der Waals surface area contributed by atoms with Crippen LogP contribution in [-0.2, 0) is 9.31 Å². The van der Waals surface area contributed by atoms with Gasteiger partial charge in [0.25, 0.3) is 0 Å². The first-order valence-electron chi connectivity index (χ1n) is 8.58. The van der Waals surface area contributed by atoms with Crippen molar-refractivity contribution >= 4 is 12.6 Å². The minimum atomic E-state index is -0.405. The van der Waals surface area contributed by atoms with E-state index < -0.39 is 7.12 Å². The predicted molar refractivity (Wildman–Crippen MR) is 97.1 cm³/mol. The lowest BCUT2D eigenvalue weighted by atomic mass is 9.77. The largest absolute Gasteiger partial charge is 0.494 e. The van der Waals surface area contributed by atoms with Gasteiger partial charge in [0.2, 0.25) is 0 Å². The van der Waals surface area contributed by atoms with Gasteiger partial charge < -0.3 is 14.0 Å². The van der Waals surface area contributed by atoms with Crippen molar-refractivity contribution in [2.75, 3.05) is 0 Å². The van der Waals surface area contributed by atoms with Crippen molar-refractivity contribution in [1.82, 2.24) is 0 Å². The van der Waals surface area contributed by atoms with E-state index in [0.717, 1.165) is 23.2 Å². The molecule has 5 heteroatoms. The van der Waals surface area contributed by atoms with E-state index in [2.05, 4.69) is 13.8 Å². The average molecular weight is 321 g/mol. The second-order valence-electron chi connectivity index (χ2n) is 6.69. The Labute approximate surface area is 141 Å². The zero-order valence-corrected chi connectivity index (χ0v) is 15.6. The fourth-order valence-electron chi connectivity index (χ4n) is 2.07. The summed E-state index contributed by atoms with van der Waals surface area (Å²) in [5.41, 5.74) is 8.14. The third-order valence-corrected chi connectivity index (χ3v) is 3.74. The number of rotatable bonds is 9. The molecule has 0 saturated carbocycles. The standard InChI is InChI=1S/C18H32BNO3/c1-8-14(6)18(20)21-17-11-16(10-9-15(17)7)19(22-12(2)3)23-13(4)5/h9-14,18H,8,20H2,1-7H3. The summed E-state index contributed by atoms with van der Waals surface area (Å²) in [5, 5.41) is 0. The van der Waals surface area contributed by atoms with Crippen molar-refractivity contribution < 1.29 is 14.0 Å². The van der Waals surface area contributed by atoms with E-state index in [9.17, 15) is 0 Å². The van der Waals surface area contributed by atoms with E-state index in [-0.39, 0.29) is 18.4 Å². The Hall–Kier alpha value is -1.04. The zero-order valence-electron chi connectivity index (χ0n) is 15.6. The maximum absolute atomic E-state index is 6.13. The number of hydrogen-bond acceptors (Lipinski definition) is 4. The van der Waals surface area contributed by atoms with Crippen molar-refractivity contribution in [3.05, 3.63) is 23.8 Å². The highest BCUT2D eigenvalue weighted by Crippen LogP contribution is 2.20. The third kappa shape index (κ3) is 6.54. The molecular formula is C18H32BNO3. The van der Waals surface area contributed by atoms with Gasteiger partial charge in [-0.2, -0.15) is 0 Å². The molecule has 0 aliphatic carbocycles. The molecular weight excluding hydrogens is 289 g/mol. The Kier molecular flexibility index (Phi) is 8.10. The number of benzene rings is 1. The monoisotopic (exact) mass is 321 g/mol.